The van der Waals surface area contributed by atoms with Crippen LogP contribution in [0.3, 0.4) is 0 Å². The summed E-state index contributed by atoms with van der Waals surface area (Å²) in [5.74, 6) is -0.823. The average Bonchev–Trinajstić information content (AvgIpc) is 1.82. The lowest BCUT2D eigenvalue weighted by molar-refractivity contribution is -0.137. The minimum Gasteiger partial charge on any atom is -0.481 e. The lowest BCUT2D eigenvalue weighted by Crippen LogP contribution is -2.39. The quantitative estimate of drug-likeness (QED) is 0.500. The van der Waals surface area contributed by atoms with Crippen LogP contribution < -0.4 is 11.5 Å². The normalized spacial score (nSPS) is 16.3. The Morgan fingerprint density at radius 3 is 2.40 bits per heavy atom. The summed E-state index contributed by atoms with van der Waals surface area (Å²) >= 11 is 0. The van der Waals surface area contributed by atoms with Gasteiger partial charge in [0.25, 0.3) is 0 Å². The summed E-state index contributed by atoms with van der Waals surface area (Å²) in [5, 5.41) is 8.25. The van der Waals surface area contributed by atoms with Crippen LogP contribution in [-0.4, -0.2) is 23.2 Å². The van der Waals surface area contributed by atoms with Gasteiger partial charge < -0.3 is 16.6 Å². The van der Waals surface area contributed by atoms with E-state index in [9.17, 15) is 4.79 Å². The highest BCUT2D eigenvalue weighted by molar-refractivity contribution is 5.66. The SMILES string of the molecule is C[C@@H](N)[C@@H](N)CCC(=O)O. The van der Waals surface area contributed by atoms with E-state index in [1.54, 1.807) is 6.92 Å². The highest BCUT2D eigenvalue weighted by Crippen LogP contribution is 1.96. The second-order valence-electron chi connectivity index (χ2n) is 2.46. The summed E-state index contributed by atoms with van der Waals surface area (Å²) in [6.07, 6.45) is 0.551. The van der Waals surface area contributed by atoms with Gasteiger partial charge in [-0.15, -0.1) is 0 Å². The van der Waals surface area contributed by atoms with Gasteiger partial charge in [0.1, 0.15) is 0 Å². The van der Waals surface area contributed by atoms with Crippen molar-refractivity contribution < 1.29 is 9.90 Å². The number of carbonyl (C=O) groups is 1. The molecule has 60 valence electrons. The fraction of sp³-hybridized carbons (Fsp3) is 0.833. The number of rotatable bonds is 4. The van der Waals surface area contributed by atoms with E-state index in [4.69, 9.17) is 16.6 Å². The molecule has 0 unspecified atom stereocenters. The van der Waals surface area contributed by atoms with Gasteiger partial charge in [-0.2, -0.15) is 0 Å². The first kappa shape index (κ1) is 9.39. The van der Waals surface area contributed by atoms with Crippen LogP contribution in [0.1, 0.15) is 19.8 Å². The Labute approximate surface area is 60.2 Å². The van der Waals surface area contributed by atoms with Crippen LogP contribution in [0.4, 0.5) is 0 Å². The van der Waals surface area contributed by atoms with Crippen molar-refractivity contribution in [3.63, 3.8) is 0 Å². The van der Waals surface area contributed by atoms with Crippen LogP contribution >= 0.6 is 0 Å². The minimum atomic E-state index is -0.823. The van der Waals surface area contributed by atoms with E-state index in [1.165, 1.54) is 0 Å². The standard InChI is InChI=1S/C6H14N2O2/c1-4(7)5(8)2-3-6(9)10/h4-5H,2-3,7-8H2,1H3,(H,9,10)/t4-,5+/m1/s1. The van der Waals surface area contributed by atoms with Gasteiger partial charge in [-0.3, -0.25) is 4.79 Å². The molecule has 4 heteroatoms. The molecule has 0 aromatic rings. The van der Waals surface area contributed by atoms with E-state index in [0.717, 1.165) is 0 Å². The molecule has 0 aliphatic heterocycles. The summed E-state index contributed by atoms with van der Waals surface area (Å²) in [4.78, 5) is 10.0. The van der Waals surface area contributed by atoms with Crippen molar-refractivity contribution >= 4 is 5.97 Å². The molecule has 0 aromatic carbocycles. The van der Waals surface area contributed by atoms with E-state index >= 15 is 0 Å². The lowest BCUT2D eigenvalue weighted by atomic mass is 10.1. The highest BCUT2D eigenvalue weighted by Gasteiger charge is 2.08. The molecular weight excluding hydrogens is 132 g/mol. The molecule has 0 rings (SSSR count). The summed E-state index contributed by atoms with van der Waals surface area (Å²) in [6, 6.07) is -0.324. The molecule has 4 nitrogen and oxygen atoms in total. The molecule has 0 aliphatic carbocycles. The molecule has 0 spiro atoms. The van der Waals surface area contributed by atoms with E-state index in [1.807, 2.05) is 0 Å². The predicted molar refractivity (Wildman–Crippen MR) is 38.5 cm³/mol. The van der Waals surface area contributed by atoms with Crippen molar-refractivity contribution in [2.75, 3.05) is 0 Å². The Balaban J connectivity index is 3.39. The third kappa shape index (κ3) is 4.29. The number of carboxylic acids is 1. The Morgan fingerprint density at radius 2 is 2.10 bits per heavy atom. The molecule has 0 aliphatic rings. The maximum Gasteiger partial charge on any atom is 0.303 e. The van der Waals surface area contributed by atoms with Gasteiger partial charge in [-0.05, 0) is 13.3 Å². The molecule has 5 N–H and O–H groups in total. The third-order valence-corrected chi connectivity index (χ3v) is 1.37. The minimum absolute atomic E-state index is 0.0999. The molecule has 0 radical (unpaired) electrons. The van der Waals surface area contributed by atoms with Gasteiger partial charge in [-0.1, -0.05) is 0 Å². The van der Waals surface area contributed by atoms with E-state index in [-0.39, 0.29) is 18.5 Å². The molecule has 0 saturated heterocycles. The zero-order chi connectivity index (χ0) is 8.15. The number of carboxylic acid groups (broad SMARTS) is 1. The third-order valence-electron chi connectivity index (χ3n) is 1.37. The number of hydrogen-bond donors (Lipinski definition) is 3. The molecule has 0 saturated carbocycles. The molecule has 10 heavy (non-hydrogen) atoms. The largest absolute Gasteiger partial charge is 0.481 e. The molecule has 0 aromatic heterocycles. The smallest absolute Gasteiger partial charge is 0.303 e. The Bertz CT molecular complexity index is 114. The Morgan fingerprint density at radius 1 is 1.60 bits per heavy atom. The molecule has 0 fully saturated rings. The fourth-order valence-electron chi connectivity index (χ4n) is 0.553. The van der Waals surface area contributed by atoms with Crippen molar-refractivity contribution in [2.45, 2.75) is 31.8 Å². The van der Waals surface area contributed by atoms with Crippen molar-refractivity contribution in [1.82, 2.24) is 0 Å². The second-order valence-corrected chi connectivity index (χ2v) is 2.46. The first-order valence-corrected chi connectivity index (χ1v) is 3.27. The second kappa shape index (κ2) is 4.24. The zero-order valence-electron chi connectivity index (χ0n) is 6.08. The summed E-state index contributed by atoms with van der Waals surface area (Å²) in [5.41, 5.74) is 10.9. The van der Waals surface area contributed by atoms with E-state index < -0.39 is 5.97 Å². The zero-order valence-corrected chi connectivity index (χ0v) is 6.08. The van der Waals surface area contributed by atoms with Crippen molar-refractivity contribution in [3.8, 4) is 0 Å². The Hall–Kier alpha value is -0.610. The van der Waals surface area contributed by atoms with Gasteiger partial charge >= 0.3 is 5.97 Å². The number of nitrogens with two attached hydrogens (primary N) is 2. The van der Waals surface area contributed by atoms with Crippen LogP contribution in [0, 0.1) is 0 Å². The van der Waals surface area contributed by atoms with E-state index in [0.29, 0.717) is 6.42 Å². The number of hydrogen-bond acceptors (Lipinski definition) is 3. The van der Waals surface area contributed by atoms with Crippen LogP contribution in [-0.2, 0) is 4.79 Å². The van der Waals surface area contributed by atoms with Gasteiger partial charge in [0.05, 0.1) is 0 Å². The van der Waals surface area contributed by atoms with Crippen LogP contribution in [0.25, 0.3) is 0 Å². The van der Waals surface area contributed by atoms with Crippen LogP contribution in [0.15, 0.2) is 0 Å². The van der Waals surface area contributed by atoms with Crippen LogP contribution in [0.2, 0.25) is 0 Å². The monoisotopic (exact) mass is 146 g/mol. The predicted octanol–water partition coefficient (Wildman–Crippen LogP) is -0.474. The molecule has 0 heterocycles. The molecule has 0 amide bonds. The highest BCUT2D eigenvalue weighted by atomic mass is 16.4. The maximum absolute atomic E-state index is 10.0. The van der Waals surface area contributed by atoms with Crippen molar-refractivity contribution in [1.29, 1.82) is 0 Å². The first-order chi connectivity index (χ1) is 4.54. The Kier molecular flexibility index (Phi) is 3.99. The van der Waals surface area contributed by atoms with Gasteiger partial charge in [0, 0.05) is 18.5 Å². The van der Waals surface area contributed by atoms with Gasteiger partial charge in [-0.25, -0.2) is 0 Å². The maximum atomic E-state index is 10.0. The molecule has 2 atom stereocenters. The average molecular weight is 146 g/mol. The molecule has 0 bridgehead atoms. The fourth-order valence-corrected chi connectivity index (χ4v) is 0.553. The van der Waals surface area contributed by atoms with Crippen molar-refractivity contribution in [2.24, 2.45) is 11.5 Å². The van der Waals surface area contributed by atoms with Crippen LogP contribution in [0.5, 0.6) is 0 Å². The van der Waals surface area contributed by atoms with Crippen molar-refractivity contribution in [3.05, 3.63) is 0 Å². The number of aliphatic carboxylic acids is 1. The summed E-state index contributed by atoms with van der Waals surface area (Å²) < 4.78 is 0. The van der Waals surface area contributed by atoms with Gasteiger partial charge in [0.2, 0.25) is 0 Å². The topological polar surface area (TPSA) is 89.3 Å². The molecular formula is C6H14N2O2. The summed E-state index contributed by atoms with van der Waals surface area (Å²) in [7, 11) is 0. The lowest BCUT2D eigenvalue weighted by Gasteiger charge is -2.13. The van der Waals surface area contributed by atoms with E-state index in [2.05, 4.69) is 0 Å². The summed E-state index contributed by atoms with van der Waals surface area (Å²) in [6.45, 7) is 1.77. The first-order valence-electron chi connectivity index (χ1n) is 3.27. The van der Waals surface area contributed by atoms with Gasteiger partial charge in [0.15, 0.2) is 0 Å².